The molecule has 1 aliphatic carbocycles. The Bertz CT molecular complexity index is 2490. The molecular weight excluding hydrogens is 915 g/mol. The fraction of sp³-hybridized carbons (Fsp3) is 0.638. The highest BCUT2D eigenvalue weighted by atomic mass is 32.2. The van der Waals surface area contributed by atoms with Crippen LogP contribution in [0.3, 0.4) is 0 Å². The number of hydrogen-bond donors (Lipinski definition) is 5. The number of benzene rings is 1. The summed E-state index contributed by atoms with van der Waals surface area (Å²) < 4.78 is 41.7. The number of thiazole rings is 1. The summed E-state index contributed by atoms with van der Waals surface area (Å²) in [5, 5.41) is 25.4. The van der Waals surface area contributed by atoms with Crippen LogP contribution in [0, 0.1) is 11.3 Å². The van der Waals surface area contributed by atoms with Crippen LogP contribution in [0.15, 0.2) is 29.6 Å². The van der Waals surface area contributed by atoms with E-state index in [0.29, 0.717) is 53.1 Å². The number of amides is 5. The van der Waals surface area contributed by atoms with Gasteiger partial charge in [0, 0.05) is 54.5 Å². The van der Waals surface area contributed by atoms with Gasteiger partial charge in [-0.2, -0.15) is 12.7 Å². The quantitative estimate of drug-likeness (QED) is 0.160. The highest BCUT2D eigenvalue weighted by molar-refractivity contribution is 7.87. The number of carboxylic acid groups (broad SMARTS) is 1. The number of pyridine rings is 1. The molecule has 372 valence electrons. The van der Waals surface area contributed by atoms with Gasteiger partial charge in [-0.15, -0.1) is 11.3 Å². The van der Waals surface area contributed by atoms with Crippen LogP contribution in [0.1, 0.15) is 113 Å². The number of methoxy groups -OCH3 is 1. The summed E-state index contributed by atoms with van der Waals surface area (Å²) in [4.78, 5) is 81.7. The van der Waals surface area contributed by atoms with Gasteiger partial charge >= 0.3 is 22.2 Å². The Labute approximate surface area is 402 Å². The molecule has 7 rings (SSSR count). The lowest BCUT2D eigenvalue weighted by Crippen LogP contribution is -2.63. The summed E-state index contributed by atoms with van der Waals surface area (Å²) in [6.45, 7) is 12.8. The van der Waals surface area contributed by atoms with Crippen molar-refractivity contribution < 1.29 is 47.0 Å². The number of ether oxygens (including phenoxy) is 2. The molecule has 5 heterocycles. The molecule has 2 aromatic heterocycles. The van der Waals surface area contributed by atoms with Crippen LogP contribution in [0.25, 0.3) is 22.3 Å². The number of aliphatic carboxylic acids is 1. The Morgan fingerprint density at radius 1 is 0.971 bits per heavy atom. The minimum Gasteiger partial charge on any atom is -0.497 e. The van der Waals surface area contributed by atoms with Crippen LogP contribution in [-0.2, 0) is 29.4 Å². The minimum absolute atomic E-state index is 0.00359. The third-order valence-electron chi connectivity index (χ3n) is 13.3. The van der Waals surface area contributed by atoms with Crippen molar-refractivity contribution in [1.29, 1.82) is 0 Å². The van der Waals surface area contributed by atoms with E-state index in [-0.39, 0.29) is 56.9 Å². The molecular formula is C47H67N9O10S2. The summed E-state index contributed by atoms with van der Waals surface area (Å²) in [5.74, 6) is -2.40. The highest BCUT2D eigenvalue weighted by Gasteiger charge is 2.62. The number of fused-ring (bicyclic) bond motifs is 3. The Morgan fingerprint density at radius 3 is 2.37 bits per heavy atom. The van der Waals surface area contributed by atoms with E-state index >= 15 is 4.79 Å². The summed E-state index contributed by atoms with van der Waals surface area (Å²) in [5.41, 5.74) is -0.718. The number of carbonyl (C=O) groups is 5. The lowest BCUT2D eigenvalue weighted by molar-refractivity contribution is -0.145. The van der Waals surface area contributed by atoms with E-state index in [1.807, 2.05) is 25.3 Å². The fourth-order valence-corrected chi connectivity index (χ4v) is 12.3. The maximum absolute atomic E-state index is 15.0. The van der Waals surface area contributed by atoms with Crippen molar-refractivity contribution in [3.63, 3.8) is 0 Å². The van der Waals surface area contributed by atoms with Crippen molar-refractivity contribution in [3.8, 4) is 22.9 Å². The Balaban J connectivity index is 1.19. The molecule has 4 aliphatic rings. The number of nitrogens with zero attached hydrogens (tertiary/aromatic N) is 5. The average Bonchev–Trinajstić information content (AvgIpc) is 3.53. The van der Waals surface area contributed by atoms with E-state index in [2.05, 4.69) is 21.3 Å². The number of carbonyl (C=O) groups excluding carboxylic acids is 4. The molecule has 3 saturated heterocycles. The normalized spacial score (nSPS) is 25.4. The third kappa shape index (κ3) is 10.9. The van der Waals surface area contributed by atoms with Crippen LogP contribution in [0.2, 0.25) is 0 Å². The van der Waals surface area contributed by atoms with Crippen LogP contribution >= 0.6 is 11.3 Å². The number of anilines is 1. The molecule has 4 fully saturated rings. The van der Waals surface area contributed by atoms with Gasteiger partial charge in [-0.1, -0.05) is 52.9 Å². The molecule has 1 saturated carbocycles. The molecule has 2 unspecified atom stereocenters. The Hall–Kier alpha value is -5.28. The number of rotatable bonds is 11. The molecule has 5 amide bonds. The van der Waals surface area contributed by atoms with Crippen molar-refractivity contribution >= 4 is 67.3 Å². The molecule has 19 nitrogen and oxygen atoms in total. The van der Waals surface area contributed by atoms with Crippen molar-refractivity contribution in [2.75, 3.05) is 32.1 Å². The monoisotopic (exact) mass is 981 g/mol. The van der Waals surface area contributed by atoms with Gasteiger partial charge in [0.25, 0.3) is 5.91 Å². The Kier molecular flexibility index (Phi) is 15.1. The smallest absolute Gasteiger partial charge is 0.329 e. The number of aromatic nitrogens is 2. The van der Waals surface area contributed by atoms with Crippen LogP contribution in [0.4, 0.5) is 9.93 Å². The lowest BCUT2D eigenvalue weighted by atomic mass is 9.86. The molecule has 6 atom stereocenters. The summed E-state index contributed by atoms with van der Waals surface area (Å²) in [7, 11) is -2.62. The number of nitrogens with one attached hydrogen (secondary N) is 4. The SMILES string of the molecule is COc1ccc2c(O[C@@H]3C[C@H]4C(=O)N[C@]5(C(=O)O)CC5CCCCCCC[C@H](NC(=O)NC(C(=O)N5CCCN(C(C)C)S5(=O)=O)C(C)(C)C)C(=O)N4C3)cc(-c3csc(NC(C)C)n3)nc2c1. The first-order chi connectivity index (χ1) is 32.1. The maximum Gasteiger partial charge on any atom is 0.329 e. The lowest BCUT2D eigenvalue weighted by Gasteiger charge is -2.40. The largest absolute Gasteiger partial charge is 0.497 e. The van der Waals surface area contributed by atoms with Crippen molar-refractivity contribution in [1.82, 2.24) is 39.4 Å². The van der Waals surface area contributed by atoms with Gasteiger partial charge in [-0.25, -0.2) is 23.9 Å². The van der Waals surface area contributed by atoms with E-state index in [1.165, 1.54) is 20.5 Å². The van der Waals surface area contributed by atoms with Crippen molar-refractivity contribution in [2.24, 2.45) is 11.3 Å². The van der Waals surface area contributed by atoms with Gasteiger partial charge in [-0.3, -0.25) is 14.4 Å². The van der Waals surface area contributed by atoms with Gasteiger partial charge in [0.2, 0.25) is 11.8 Å². The summed E-state index contributed by atoms with van der Waals surface area (Å²) in [6, 6.07) is 2.41. The predicted octanol–water partition coefficient (Wildman–Crippen LogP) is 5.51. The first kappa shape index (κ1) is 50.6. The molecule has 3 aliphatic heterocycles. The van der Waals surface area contributed by atoms with Gasteiger partial charge in [-0.05, 0) is 76.8 Å². The van der Waals surface area contributed by atoms with E-state index in [0.717, 1.165) is 35.1 Å². The van der Waals surface area contributed by atoms with Crippen LogP contribution in [0.5, 0.6) is 11.5 Å². The second kappa shape index (κ2) is 20.4. The summed E-state index contributed by atoms with van der Waals surface area (Å²) in [6.07, 6.45) is 4.46. The van der Waals surface area contributed by atoms with Gasteiger partial charge in [0.1, 0.15) is 47.0 Å². The fourth-order valence-electron chi connectivity index (χ4n) is 9.57. The zero-order valence-electron chi connectivity index (χ0n) is 40.3. The standard InChI is InChI=1S/C47H67N9O10S2/c1-27(2)48-45-51-36(26-67-45)35-23-38(32-18-17-30(65-8)21-34(32)49-35)66-31-22-37-40(57)53-47(43(60)61)24-29(47)15-12-10-9-11-13-16-33(41(58)54(37)25-31)50-44(62)52-39(46(5,6)7)42(59)56-20-14-19-55(28(3)4)68(56,63)64/h17-18,21,23,26-29,31,33,37,39H,9-16,19-20,22,24-25H2,1-8H3,(H,48,51)(H,53,57)(H,60,61)(H2,50,52,62)/t29?,31-,33+,37+,39?,47-/m1/s1. The maximum atomic E-state index is 15.0. The minimum atomic E-state index is -4.18. The molecule has 21 heteroatoms. The molecule has 1 aromatic carbocycles. The molecule has 3 aromatic rings. The van der Waals surface area contributed by atoms with E-state index in [4.69, 9.17) is 19.4 Å². The second-order valence-electron chi connectivity index (χ2n) is 20.2. The topological polar surface area (TPSA) is 242 Å². The molecule has 68 heavy (non-hydrogen) atoms. The zero-order valence-corrected chi connectivity index (χ0v) is 41.9. The van der Waals surface area contributed by atoms with Gasteiger partial charge in [0.15, 0.2) is 5.13 Å². The number of carboxylic acids is 1. The van der Waals surface area contributed by atoms with Crippen molar-refractivity contribution in [2.45, 2.75) is 155 Å². The molecule has 0 spiro atoms. The van der Waals surface area contributed by atoms with Gasteiger partial charge in [0.05, 0.1) is 24.9 Å². The van der Waals surface area contributed by atoms with Crippen LogP contribution in [-0.4, -0.2) is 135 Å². The predicted molar refractivity (Wildman–Crippen MR) is 257 cm³/mol. The highest BCUT2D eigenvalue weighted by Crippen LogP contribution is 2.48. The molecule has 0 bridgehead atoms. The average molecular weight is 982 g/mol. The third-order valence-corrected chi connectivity index (χ3v) is 16.2. The van der Waals surface area contributed by atoms with E-state index < -0.39 is 75.1 Å². The van der Waals surface area contributed by atoms with E-state index in [9.17, 15) is 32.7 Å². The first-order valence-electron chi connectivity index (χ1n) is 23.8. The zero-order chi connectivity index (χ0) is 49.3. The second-order valence-corrected chi connectivity index (χ2v) is 22.8. The van der Waals surface area contributed by atoms with E-state index in [1.54, 1.807) is 59.9 Å². The Morgan fingerprint density at radius 2 is 1.69 bits per heavy atom. The molecule has 5 N–H and O–H groups in total. The van der Waals surface area contributed by atoms with Crippen LogP contribution < -0.4 is 30.7 Å². The summed E-state index contributed by atoms with van der Waals surface area (Å²) >= 11 is 1.44. The van der Waals surface area contributed by atoms with Crippen molar-refractivity contribution in [3.05, 3.63) is 29.6 Å². The number of urea groups is 1. The first-order valence-corrected chi connectivity index (χ1v) is 26.0. The number of hydrogen-bond acceptors (Lipinski definition) is 13. The molecule has 0 radical (unpaired) electrons. The van der Waals surface area contributed by atoms with Gasteiger partial charge < -0.3 is 40.7 Å².